The molecule has 0 radical (unpaired) electrons. The van der Waals surface area contributed by atoms with Crippen LogP contribution in [0.5, 0.6) is 5.75 Å². The maximum absolute atomic E-state index is 11.9. The Morgan fingerprint density at radius 3 is 2.78 bits per heavy atom. The minimum atomic E-state index is -0.115. The molecule has 0 unspecified atom stereocenters. The van der Waals surface area contributed by atoms with Crippen LogP contribution in [0.1, 0.15) is 16.8 Å². The minimum absolute atomic E-state index is 0.115. The van der Waals surface area contributed by atoms with Crippen LogP contribution in [-0.4, -0.2) is 39.5 Å². The summed E-state index contributed by atoms with van der Waals surface area (Å²) in [5.41, 5.74) is 0.563. The van der Waals surface area contributed by atoms with Gasteiger partial charge in [-0.15, -0.1) is 11.8 Å². The van der Waals surface area contributed by atoms with E-state index < -0.39 is 0 Å². The van der Waals surface area contributed by atoms with Crippen LogP contribution in [0.25, 0.3) is 0 Å². The van der Waals surface area contributed by atoms with Crippen LogP contribution < -0.4 is 10.1 Å². The normalized spacial score (nSPS) is 10.2. The van der Waals surface area contributed by atoms with Crippen molar-refractivity contribution in [2.45, 2.75) is 11.3 Å². The zero-order valence-electron chi connectivity index (χ0n) is 11.0. The summed E-state index contributed by atoms with van der Waals surface area (Å²) < 4.78 is 10.2. The van der Waals surface area contributed by atoms with Crippen molar-refractivity contribution in [1.82, 2.24) is 5.32 Å². The first kappa shape index (κ1) is 14.9. The zero-order chi connectivity index (χ0) is 13.4. The Morgan fingerprint density at radius 2 is 2.17 bits per heavy atom. The van der Waals surface area contributed by atoms with E-state index in [9.17, 15) is 4.79 Å². The second-order valence-corrected chi connectivity index (χ2v) is 4.55. The largest absolute Gasteiger partial charge is 0.496 e. The van der Waals surface area contributed by atoms with E-state index in [0.29, 0.717) is 24.5 Å². The number of carbonyl (C=O) groups excluding carboxylic acids is 1. The third kappa shape index (κ3) is 4.23. The molecule has 0 aliphatic rings. The number of amides is 1. The van der Waals surface area contributed by atoms with Gasteiger partial charge in [-0.2, -0.15) is 0 Å². The predicted molar refractivity (Wildman–Crippen MR) is 73.6 cm³/mol. The van der Waals surface area contributed by atoms with E-state index >= 15 is 0 Å². The fourth-order valence-corrected chi connectivity index (χ4v) is 1.93. The minimum Gasteiger partial charge on any atom is -0.496 e. The van der Waals surface area contributed by atoms with Gasteiger partial charge in [0.2, 0.25) is 0 Å². The second kappa shape index (κ2) is 8.00. The lowest BCUT2D eigenvalue weighted by molar-refractivity contribution is 0.0945. The van der Waals surface area contributed by atoms with Crippen molar-refractivity contribution in [3.8, 4) is 5.75 Å². The summed E-state index contributed by atoms with van der Waals surface area (Å²) in [5.74, 6) is 0.488. The fourth-order valence-electron chi connectivity index (χ4n) is 1.50. The van der Waals surface area contributed by atoms with Gasteiger partial charge in [0.15, 0.2) is 0 Å². The molecule has 0 aromatic heterocycles. The van der Waals surface area contributed by atoms with Crippen molar-refractivity contribution in [1.29, 1.82) is 0 Å². The van der Waals surface area contributed by atoms with Crippen LogP contribution in [0.4, 0.5) is 0 Å². The highest BCUT2D eigenvalue weighted by Gasteiger charge is 2.12. The van der Waals surface area contributed by atoms with Crippen LogP contribution in [0, 0.1) is 0 Å². The molecule has 1 amide bonds. The van der Waals surface area contributed by atoms with Gasteiger partial charge in [0, 0.05) is 25.2 Å². The number of carbonyl (C=O) groups is 1. The van der Waals surface area contributed by atoms with Gasteiger partial charge in [-0.1, -0.05) is 0 Å². The first-order valence-electron chi connectivity index (χ1n) is 5.72. The van der Waals surface area contributed by atoms with E-state index in [2.05, 4.69) is 5.32 Å². The Bertz CT molecular complexity index is 396. The van der Waals surface area contributed by atoms with E-state index in [1.165, 1.54) is 0 Å². The van der Waals surface area contributed by atoms with Crippen LogP contribution in [0.2, 0.25) is 0 Å². The highest BCUT2D eigenvalue weighted by Crippen LogP contribution is 2.25. The molecule has 0 aliphatic heterocycles. The van der Waals surface area contributed by atoms with E-state index in [1.54, 1.807) is 32.0 Å². The lowest BCUT2D eigenvalue weighted by atomic mass is 10.2. The first-order valence-corrected chi connectivity index (χ1v) is 6.94. The molecule has 100 valence electrons. The molecule has 0 heterocycles. The average molecular weight is 269 g/mol. The van der Waals surface area contributed by atoms with Gasteiger partial charge in [0.05, 0.1) is 12.7 Å². The molecule has 1 aromatic carbocycles. The number of thioether (sulfide) groups is 1. The number of methoxy groups -OCH3 is 2. The SMILES string of the molecule is COCCCNC(=O)c1ccc(SC)cc1OC. The van der Waals surface area contributed by atoms with Gasteiger partial charge < -0.3 is 14.8 Å². The third-order valence-electron chi connectivity index (χ3n) is 2.46. The van der Waals surface area contributed by atoms with Gasteiger partial charge in [-0.25, -0.2) is 0 Å². The topological polar surface area (TPSA) is 47.6 Å². The van der Waals surface area contributed by atoms with Crippen molar-refractivity contribution in [3.05, 3.63) is 23.8 Å². The number of rotatable bonds is 7. The molecule has 0 saturated heterocycles. The van der Waals surface area contributed by atoms with E-state index in [-0.39, 0.29) is 5.91 Å². The lowest BCUT2D eigenvalue weighted by Crippen LogP contribution is -2.25. The Hall–Kier alpha value is -1.20. The van der Waals surface area contributed by atoms with Gasteiger partial charge in [-0.05, 0) is 30.9 Å². The number of benzene rings is 1. The molecule has 1 rings (SSSR count). The van der Waals surface area contributed by atoms with Crippen molar-refractivity contribution >= 4 is 17.7 Å². The number of hydrogen-bond donors (Lipinski definition) is 1. The molecular formula is C13H19NO3S. The quantitative estimate of drug-likeness (QED) is 0.609. The Labute approximate surface area is 112 Å². The molecule has 0 fully saturated rings. The number of hydrogen-bond acceptors (Lipinski definition) is 4. The van der Waals surface area contributed by atoms with Gasteiger partial charge >= 0.3 is 0 Å². The molecule has 0 atom stereocenters. The molecule has 5 heteroatoms. The molecule has 18 heavy (non-hydrogen) atoms. The van der Waals surface area contributed by atoms with Crippen molar-refractivity contribution in [2.24, 2.45) is 0 Å². The smallest absolute Gasteiger partial charge is 0.255 e. The molecule has 0 aliphatic carbocycles. The lowest BCUT2D eigenvalue weighted by Gasteiger charge is -2.10. The van der Waals surface area contributed by atoms with Gasteiger partial charge in [0.25, 0.3) is 5.91 Å². The van der Waals surface area contributed by atoms with E-state index in [1.807, 2.05) is 18.4 Å². The molecule has 0 bridgehead atoms. The van der Waals surface area contributed by atoms with Crippen LogP contribution in [0.3, 0.4) is 0 Å². The Morgan fingerprint density at radius 1 is 1.39 bits per heavy atom. The van der Waals surface area contributed by atoms with Crippen molar-refractivity contribution in [2.75, 3.05) is 33.6 Å². The predicted octanol–water partition coefficient (Wildman–Crippen LogP) is 2.18. The second-order valence-electron chi connectivity index (χ2n) is 3.67. The standard InChI is InChI=1S/C13H19NO3S/c1-16-8-4-7-14-13(15)11-6-5-10(18-3)9-12(11)17-2/h5-6,9H,4,7-8H2,1-3H3,(H,14,15). The number of nitrogens with one attached hydrogen (secondary N) is 1. The third-order valence-corrected chi connectivity index (χ3v) is 3.19. The summed E-state index contributed by atoms with van der Waals surface area (Å²) in [4.78, 5) is 13.0. The summed E-state index contributed by atoms with van der Waals surface area (Å²) in [6, 6.07) is 5.57. The Balaban J connectivity index is 2.66. The monoisotopic (exact) mass is 269 g/mol. The maximum Gasteiger partial charge on any atom is 0.255 e. The van der Waals surface area contributed by atoms with Crippen LogP contribution >= 0.6 is 11.8 Å². The van der Waals surface area contributed by atoms with E-state index in [4.69, 9.17) is 9.47 Å². The van der Waals surface area contributed by atoms with Crippen molar-refractivity contribution in [3.63, 3.8) is 0 Å². The Kier molecular flexibility index (Phi) is 6.60. The summed E-state index contributed by atoms with van der Waals surface area (Å²) in [7, 11) is 3.22. The molecule has 0 spiro atoms. The number of ether oxygens (including phenoxy) is 2. The summed E-state index contributed by atoms with van der Waals surface area (Å²) in [5, 5.41) is 2.84. The molecule has 4 nitrogen and oxygen atoms in total. The molecule has 1 aromatic rings. The summed E-state index contributed by atoms with van der Waals surface area (Å²) in [6.07, 6.45) is 2.78. The highest BCUT2D eigenvalue weighted by molar-refractivity contribution is 7.98. The van der Waals surface area contributed by atoms with Crippen LogP contribution in [0.15, 0.2) is 23.1 Å². The van der Waals surface area contributed by atoms with Crippen molar-refractivity contribution < 1.29 is 14.3 Å². The first-order chi connectivity index (χ1) is 8.72. The molecular weight excluding hydrogens is 250 g/mol. The van der Waals surface area contributed by atoms with E-state index in [0.717, 1.165) is 11.3 Å². The highest BCUT2D eigenvalue weighted by atomic mass is 32.2. The van der Waals surface area contributed by atoms with Gasteiger partial charge in [0.1, 0.15) is 5.75 Å². The summed E-state index contributed by atoms with van der Waals surface area (Å²) in [6.45, 7) is 1.24. The van der Waals surface area contributed by atoms with Gasteiger partial charge in [-0.3, -0.25) is 4.79 Å². The zero-order valence-corrected chi connectivity index (χ0v) is 11.8. The average Bonchev–Trinajstić information content (AvgIpc) is 2.42. The molecule has 1 N–H and O–H groups in total. The molecule has 0 saturated carbocycles. The maximum atomic E-state index is 11.9. The summed E-state index contributed by atoms with van der Waals surface area (Å²) >= 11 is 1.61. The fraction of sp³-hybridized carbons (Fsp3) is 0.462. The van der Waals surface area contributed by atoms with Crippen LogP contribution in [-0.2, 0) is 4.74 Å².